The number of benzene rings is 6. The Kier molecular flexibility index (Phi) is 18.1. The maximum absolute atomic E-state index is 15.7. The number of carbonyl (C=O) groups is 1. The molecule has 0 unspecified atom stereocenters. The molecule has 0 saturated heterocycles. The highest BCUT2D eigenvalue weighted by Crippen LogP contribution is 2.45. The van der Waals surface area contributed by atoms with Gasteiger partial charge in [-0.25, -0.2) is 48.7 Å². The largest absolute Gasteiger partial charge is 0.493 e. The van der Waals surface area contributed by atoms with E-state index in [1.165, 1.54) is 36.4 Å². The average molecular weight is 1040 g/mol. The minimum Gasteiger partial charge on any atom is -0.493 e. The number of halogens is 14. The quantitative estimate of drug-likeness (QED) is 0.0198. The average Bonchev–Trinajstić information content (AvgIpc) is 3.32. The van der Waals surface area contributed by atoms with E-state index in [1.54, 1.807) is 0 Å². The van der Waals surface area contributed by atoms with Crippen molar-refractivity contribution in [3.8, 4) is 56.4 Å². The zero-order valence-electron chi connectivity index (χ0n) is 38.4. The molecule has 0 aromatic heterocycles. The molecule has 0 aliphatic carbocycles. The summed E-state index contributed by atoms with van der Waals surface area (Å²) in [4.78, 5) is 11.5. The zero-order valence-corrected chi connectivity index (χ0v) is 38.4. The van der Waals surface area contributed by atoms with Crippen LogP contribution in [-0.2, 0) is 21.7 Å². The van der Waals surface area contributed by atoms with E-state index in [9.17, 15) is 31.1 Å². The van der Waals surface area contributed by atoms with E-state index >= 15 is 35.1 Å². The first-order valence-corrected chi connectivity index (χ1v) is 22.4. The van der Waals surface area contributed by atoms with Gasteiger partial charge >= 0.3 is 18.2 Å². The van der Waals surface area contributed by atoms with Crippen molar-refractivity contribution in [3.05, 3.63) is 167 Å². The van der Waals surface area contributed by atoms with E-state index in [2.05, 4.69) is 16.1 Å². The molecule has 6 aromatic rings. The second-order valence-corrected chi connectivity index (χ2v) is 16.2. The molecule has 20 heteroatoms. The van der Waals surface area contributed by atoms with Gasteiger partial charge in [-0.2, -0.15) is 17.6 Å². The van der Waals surface area contributed by atoms with Crippen LogP contribution in [0.1, 0.15) is 69.4 Å². The fraction of sp³-hybridized carbons (Fsp3) is 0.264. The molecule has 6 aromatic carbocycles. The number of esters is 1. The van der Waals surface area contributed by atoms with Crippen molar-refractivity contribution in [1.82, 2.24) is 0 Å². The van der Waals surface area contributed by atoms with Crippen molar-refractivity contribution in [1.29, 1.82) is 0 Å². The van der Waals surface area contributed by atoms with Crippen LogP contribution in [0.5, 0.6) is 23.0 Å². The SMILES string of the molecule is C=CC(=O)OCCCCOc1ccc(-c2cc(F)c(C(F)(F)Oc3cc(F)c(F)c(F)c3)c(F)c2)cc1-c1cc(-c2cc(F)c(C(F)(F)Oc3cc(F)c(F)c(F)c3)c(F)c2)ccc1OCCCCCCCC. The van der Waals surface area contributed by atoms with Crippen LogP contribution in [0.25, 0.3) is 33.4 Å². The second-order valence-electron chi connectivity index (χ2n) is 16.2. The highest BCUT2D eigenvalue weighted by atomic mass is 19.3. The van der Waals surface area contributed by atoms with Gasteiger partial charge in [0, 0.05) is 41.5 Å². The van der Waals surface area contributed by atoms with Crippen LogP contribution in [0, 0.1) is 58.2 Å². The lowest BCUT2D eigenvalue weighted by Crippen LogP contribution is -2.25. The number of carbonyl (C=O) groups excluding carboxylic acids is 1. The first-order chi connectivity index (χ1) is 34.6. The van der Waals surface area contributed by atoms with Gasteiger partial charge in [0.15, 0.2) is 34.9 Å². The standard InChI is InChI=1S/C53H42F14O6/c1-3-5-6-7-8-9-16-69-45-14-12-29(31-21-37(54)48(38(55)22-31)52(64,65)72-33-25-41(58)50(62)42(59)26-33)19-35(45)36-20-30(13-15-46(36)70-17-10-11-18-71-47(68)4-2)32-23-39(56)49(40(57)24-32)53(66,67)73-34-27-43(60)51(63)44(61)28-34/h4,12-15,19-28H,2-3,5-11,16-18H2,1H3. The lowest BCUT2D eigenvalue weighted by molar-refractivity contribution is -0.190. The van der Waals surface area contributed by atoms with E-state index < -0.39 is 99.0 Å². The van der Waals surface area contributed by atoms with Crippen molar-refractivity contribution >= 4 is 5.97 Å². The van der Waals surface area contributed by atoms with E-state index in [1.807, 2.05) is 6.92 Å². The van der Waals surface area contributed by atoms with Crippen LogP contribution in [0.15, 0.2) is 97.6 Å². The van der Waals surface area contributed by atoms with Gasteiger partial charge in [-0.3, -0.25) is 0 Å². The highest BCUT2D eigenvalue weighted by Gasteiger charge is 2.43. The number of hydrogen-bond acceptors (Lipinski definition) is 6. The third kappa shape index (κ3) is 13.6. The molecule has 0 heterocycles. The predicted molar refractivity (Wildman–Crippen MR) is 239 cm³/mol. The van der Waals surface area contributed by atoms with Crippen LogP contribution in [0.2, 0.25) is 0 Å². The smallest absolute Gasteiger partial charge is 0.432 e. The Balaban J connectivity index is 1.43. The van der Waals surface area contributed by atoms with Gasteiger partial charge in [0.05, 0.1) is 19.8 Å². The van der Waals surface area contributed by atoms with Crippen molar-refractivity contribution in [2.24, 2.45) is 0 Å². The minimum absolute atomic E-state index is 0.0132. The number of alkyl halides is 4. The Morgan fingerprint density at radius 3 is 1.21 bits per heavy atom. The summed E-state index contributed by atoms with van der Waals surface area (Å²) >= 11 is 0. The maximum atomic E-state index is 15.7. The molecule has 0 atom stereocenters. The fourth-order valence-corrected chi connectivity index (χ4v) is 7.39. The minimum atomic E-state index is -4.92. The van der Waals surface area contributed by atoms with Gasteiger partial charge in [-0.1, -0.05) is 57.7 Å². The summed E-state index contributed by atoms with van der Waals surface area (Å²) in [5, 5.41) is 0. The Morgan fingerprint density at radius 1 is 0.466 bits per heavy atom. The number of unbranched alkanes of at least 4 members (excludes halogenated alkanes) is 6. The summed E-state index contributed by atoms with van der Waals surface area (Å²) in [6.45, 7) is 5.43. The summed E-state index contributed by atoms with van der Waals surface area (Å²) in [7, 11) is 0. The van der Waals surface area contributed by atoms with E-state index in [0.717, 1.165) is 38.2 Å². The fourth-order valence-electron chi connectivity index (χ4n) is 7.39. The zero-order chi connectivity index (χ0) is 53.2. The molecule has 0 spiro atoms. The molecular formula is C53H42F14O6. The molecule has 0 bridgehead atoms. The lowest BCUT2D eigenvalue weighted by atomic mass is 9.93. The number of hydrogen-bond donors (Lipinski definition) is 0. The molecule has 0 radical (unpaired) electrons. The monoisotopic (exact) mass is 1040 g/mol. The topological polar surface area (TPSA) is 63.2 Å². The van der Waals surface area contributed by atoms with E-state index in [0.29, 0.717) is 37.1 Å². The summed E-state index contributed by atoms with van der Waals surface area (Å²) in [6, 6.07) is 10.1. The van der Waals surface area contributed by atoms with Crippen LogP contribution >= 0.6 is 0 Å². The molecular weight excluding hydrogens is 999 g/mol. The highest BCUT2D eigenvalue weighted by molar-refractivity contribution is 5.84. The van der Waals surface area contributed by atoms with Crippen molar-refractivity contribution in [2.45, 2.75) is 70.5 Å². The first-order valence-electron chi connectivity index (χ1n) is 22.4. The number of rotatable bonds is 24. The van der Waals surface area contributed by atoms with Gasteiger partial charge < -0.3 is 23.7 Å². The van der Waals surface area contributed by atoms with Gasteiger partial charge in [0.2, 0.25) is 0 Å². The first kappa shape index (κ1) is 55.1. The van der Waals surface area contributed by atoms with E-state index in [-0.39, 0.29) is 95.4 Å². The van der Waals surface area contributed by atoms with Crippen LogP contribution in [-0.4, -0.2) is 25.8 Å². The van der Waals surface area contributed by atoms with Crippen molar-refractivity contribution in [2.75, 3.05) is 19.8 Å². The molecule has 6 rings (SSSR count). The number of ether oxygens (including phenoxy) is 5. The third-order valence-corrected chi connectivity index (χ3v) is 11.0. The van der Waals surface area contributed by atoms with Crippen LogP contribution < -0.4 is 18.9 Å². The summed E-state index contributed by atoms with van der Waals surface area (Å²) in [5.74, 6) is -22.4. The summed E-state index contributed by atoms with van der Waals surface area (Å²) in [5.41, 5.74) is -4.66. The normalized spacial score (nSPS) is 11.7. The molecule has 73 heavy (non-hydrogen) atoms. The Morgan fingerprint density at radius 2 is 0.822 bits per heavy atom. The predicted octanol–water partition coefficient (Wildman–Crippen LogP) is 16.0. The van der Waals surface area contributed by atoms with E-state index in [4.69, 9.17) is 14.2 Å². The second kappa shape index (κ2) is 24.0. The molecule has 0 saturated carbocycles. The molecule has 0 fully saturated rings. The summed E-state index contributed by atoms with van der Waals surface area (Å²) < 4.78 is 232. The van der Waals surface area contributed by atoms with Gasteiger partial charge in [0.25, 0.3) is 0 Å². The third-order valence-electron chi connectivity index (χ3n) is 11.0. The van der Waals surface area contributed by atoms with Gasteiger partial charge in [-0.15, -0.1) is 0 Å². The Hall–Kier alpha value is -7.25. The molecule has 0 N–H and O–H groups in total. The molecule has 0 aliphatic rings. The molecule has 0 aliphatic heterocycles. The molecule has 6 nitrogen and oxygen atoms in total. The van der Waals surface area contributed by atoms with Crippen LogP contribution in [0.4, 0.5) is 61.5 Å². The Bertz CT molecular complexity index is 2870. The lowest BCUT2D eigenvalue weighted by Gasteiger charge is -2.21. The molecule has 0 amide bonds. The van der Waals surface area contributed by atoms with Gasteiger partial charge in [0.1, 0.15) is 57.4 Å². The van der Waals surface area contributed by atoms with Crippen LogP contribution in [0.3, 0.4) is 0 Å². The van der Waals surface area contributed by atoms with Crippen molar-refractivity contribution in [3.63, 3.8) is 0 Å². The van der Waals surface area contributed by atoms with Gasteiger partial charge in [-0.05, 0) is 90.0 Å². The van der Waals surface area contributed by atoms with Crippen molar-refractivity contribution < 1.29 is 89.9 Å². The summed E-state index contributed by atoms with van der Waals surface area (Å²) in [6.07, 6.45) is -3.10. The Labute approximate surface area is 408 Å². The molecule has 388 valence electrons. The maximum Gasteiger partial charge on any atom is 0.432 e.